The maximum Gasteiger partial charge on any atom is 0.244 e. The van der Waals surface area contributed by atoms with Crippen LogP contribution in [0.1, 0.15) is 13.8 Å². The van der Waals surface area contributed by atoms with Crippen LogP contribution < -0.4 is 5.32 Å². The smallest absolute Gasteiger partial charge is 0.244 e. The van der Waals surface area contributed by atoms with Crippen LogP contribution in [0.5, 0.6) is 0 Å². The summed E-state index contributed by atoms with van der Waals surface area (Å²) in [4.78, 5) is 18.1. The lowest BCUT2D eigenvalue weighted by atomic mass is 10.1. The summed E-state index contributed by atoms with van der Waals surface area (Å²) in [6.45, 7) is 4.49. The van der Waals surface area contributed by atoms with Crippen LogP contribution in [0.3, 0.4) is 0 Å². The van der Waals surface area contributed by atoms with Gasteiger partial charge in [0.05, 0.1) is 5.52 Å². The molecule has 0 radical (unpaired) electrons. The first-order valence-electron chi connectivity index (χ1n) is 6.58. The molecule has 0 bridgehead atoms. The summed E-state index contributed by atoms with van der Waals surface area (Å²) >= 11 is 6.03. The number of aromatic nitrogens is 1. The van der Waals surface area contributed by atoms with E-state index >= 15 is 0 Å². The van der Waals surface area contributed by atoms with E-state index in [0.29, 0.717) is 11.6 Å². The molecular formula is C15H18ClN3O. The highest BCUT2D eigenvalue weighted by Crippen LogP contribution is 2.25. The van der Waals surface area contributed by atoms with Gasteiger partial charge in [0.2, 0.25) is 5.91 Å². The number of anilines is 1. The Hall–Kier alpha value is -1.81. The lowest BCUT2D eigenvalue weighted by Gasteiger charge is -2.22. The molecule has 0 spiro atoms. The Kier molecular flexibility index (Phi) is 4.45. The number of hydrogen-bond donors (Lipinski definition) is 1. The fourth-order valence-corrected chi connectivity index (χ4v) is 2.20. The number of hydrogen-bond acceptors (Lipinski definition) is 3. The number of nitrogens with one attached hydrogen (secondary N) is 1. The monoisotopic (exact) mass is 291 g/mol. The Bertz CT molecular complexity index is 630. The second-order valence-corrected chi connectivity index (χ2v) is 5.17. The van der Waals surface area contributed by atoms with Crippen molar-refractivity contribution in [1.29, 1.82) is 0 Å². The number of fused-ring (bicyclic) bond motifs is 1. The summed E-state index contributed by atoms with van der Waals surface area (Å²) in [5.41, 5.74) is 1.71. The third-order valence-corrected chi connectivity index (χ3v) is 3.53. The van der Waals surface area contributed by atoms with Crippen molar-refractivity contribution in [2.24, 2.45) is 0 Å². The fourth-order valence-electron chi connectivity index (χ4n) is 2.03. The number of nitrogens with zero attached hydrogens (tertiary/aromatic N) is 2. The molecule has 0 aliphatic rings. The molecule has 1 aromatic carbocycles. The zero-order valence-corrected chi connectivity index (χ0v) is 12.6. The third-order valence-electron chi connectivity index (χ3n) is 3.30. The molecule has 5 heteroatoms. The van der Waals surface area contributed by atoms with E-state index in [0.717, 1.165) is 16.6 Å². The normalized spacial score (nSPS) is 12.2. The highest BCUT2D eigenvalue weighted by atomic mass is 35.5. The van der Waals surface area contributed by atoms with Crippen LogP contribution in [0, 0.1) is 0 Å². The van der Waals surface area contributed by atoms with Crippen LogP contribution in [0.4, 0.5) is 5.69 Å². The summed E-state index contributed by atoms with van der Waals surface area (Å²) in [6.07, 6.45) is 1.72. The SMILES string of the molecule is CCN(C)C(=O)C(C)Nc1ccnc2ccc(Cl)cc12. The Labute approximate surface area is 123 Å². The van der Waals surface area contributed by atoms with Crippen molar-refractivity contribution in [3.05, 3.63) is 35.5 Å². The van der Waals surface area contributed by atoms with Crippen LogP contribution in [-0.2, 0) is 4.79 Å². The van der Waals surface area contributed by atoms with Crippen LogP contribution >= 0.6 is 11.6 Å². The highest BCUT2D eigenvalue weighted by Gasteiger charge is 2.16. The number of likely N-dealkylation sites (N-methyl/N-ethyl adjacent to an activating group) is 1. The Morgan fingerprint density at radius 1 is 1.45 bits per heavy atom. The van der Waals surface area contributed by atoms with Crippen LogP contribution in [-0.4, -0.2) is 35.4 Å². The van der Waals surface area contributed by atoms with E-state index < -0.39 is 0 Å². The zero-order chi connectivity index (χ0) is 14.7. The maximum absolute atomic E-state index is 12.1. The van der Waals surface area contributed by atoms with Gasteiger partial charge in [0.15, 0.2) is 0 Å². The van der Waals surface area contributed by atoms with E-state index in [-0.39, 0.29) is 11.9 Å². The number of halogens is 1. The summed E-state index contributed by atoms with van der Waals surface area (Å²) in [6, 6.07) is 7.08. The summed E-state index contributed by atoms with van der Waals surface area (Å²) in [5, 5.41) is 4.80. The van der Waals surface area contributed by atoms with E-state index in [1.54, 1.807) is 24.2 Å². The second kappa shape index (κ2) is 6.09. The molecule has 1 unspecified atom stereocenters. The number of amides is 1. The fraction of sp³-hybridized carbons (Fsp3) is 0.333. The molecule has 2 rings (SSSR count). The van der Waals surface area contributed by atoms with Gasteiger partial charge in [-0.15, -0.1) is 0 Å². The molecule has 1 N–H and O–H groups in total. The maximum atomic E-state index is 12.1. The minimum absolute atomic E-state index is 0.0551. The Morgan fingerprint density at radius 2 is 2.20 bits per heavy atom. The molecule has 0 aliphatic heterocycles. The van der Waals surface area contributed by atoms with Gasteiger partial charge in [-0.1, -0.05) is 11.6 Å². The van der Waals surface area contributed by atoms with Crippen molar-refractivity contribution >= 4 is 34.1 Å². The molecule has 2 aromatic rings. The number of pyridine rings is 1. The van der Waals surface area contributed by atoms with Crippen molar-refractivity contribution < 1.29 is 4.79 Å². The van der Waals surface area contributed by atoms with Crippen LogP contribution in [0.15, 0.2) is 30.5 Å². The van der Waals surface area contributed by atoms with Gasteiger partial charge in [-0.05, 0) is 38.1 Å². The zero-order valence-electron chi connectivity index (χ0n) is 11.9. The molecular weight excluding hydrogens is 274 g/mol. The quantitative estimate of drug-likeness (QED) is 0.941. The topological polar surface area (TPSA) is 45.2 Å². The number of benzene rings is 1. The average molecular weight is 292 g/mol. The molecule has 0 fully saturated rings. The van der Waals surface area contributed by atoms with E-state index in [9.17, 15) is 4.79 Å². The van der Waals surface area contributed by atoms with Gasteiger partial charge in [-0.25, -0.2) is 0 Å². The average Bonchev–Trinajstić information content (AvgIpc) is 2.46. The summed E-state index contributed by atoms with van der Waals surface area (Å²) in [5.74, 6) is 0.0551. The van der Waals surface area contributed by atoms with Crippen molar-refractivity contribution in [2.75, 3.05) is 18.9 Å². The molecule has 1 atom stereocenters. The third kappa shape index (κ3) is 3.02. The predicted octanol–water partition coefficient (Wildman–Crippen LogP) is 3.17. The minimum atomic E-state index is -0.301. The van der Waals surface area contributed by atoms with Gasteiger partial charge in [0.1, 0.15) is 6.04 Å². The molecule has 1 amide bonds. The largest absolute Gasteiger partial charge is 0.373 e. The van der Waals surface area contributed by atoms with E-state index in [4.69, 9.17) is 11.6 Å². The first-order valence-corrected chi connectivity index (χ1v) is 6.96. The van der Waals surface area contributed by atoms with E-state index in [1.807, 2.05) is 32.0 Å². The molecule has 0 saturated heterocycles. The van der Waals surface area contributed by atoms with E-state index in [2.05, 4.69) is 10.3 Å². The Balaban J connectivity index is 2.29. The van der Waals surface area contributed by atoms with Crippen molar-refractivity contribution in [3.8, 4) is 0 Å². The van der Waals surface area contributed by atoms with Gasteiger partial charge in [0, 0.05) is 35.9 Å². The number of rotatable bonds is 4. The van der Waals surface area contributed by atoms with Crippen LogP contribution in [0.2, 0.25) is 5.02 Å². The molecule has 20 heavy (non-hydrogen) atoms. The second-order valence-electron chi connectivity index (χ2n) is 4.74. The lowest BCUT2D eigenvalue weighted by molar-refractivity contribution is -0.130. The standard InChI is InChI=1S/C15H18ClN3O/c1-4-19(3)15(20)10(2)18-14-7-8-17-13-6-5-11(16)9-12(13)14/h5-10H,4H2,1-3H3,(H,17,18). The summed E-state index contributed by atoms with van der Waals surface area (Å²) in [7, 11) is 1.79. The first kappa shape index (κ1) is 14.6. The summed E-state index contributed by atoms with van der Waals surface area (Å²) < 4.78 is 0. The van der Waals surface area contributed by atoms with Gasteiger partial charge in [-0.2, -0.15) is 0 Å². The van der Waals surface area contributed by atoms with Crippen molar-refractivity contribution in [1.82, 2.24) is 9.88 Å². The molecule has 0 saturated carbocycles. The van der Waals surface area contributed by atoms with Crippen molar-refractivity contribution in [3.63, 3.8) is 0 Å². The van der Waals surface area contributed by atoms with Gasteiger partial charge >= 0.3 is 0 Å². The molecule has 1 heterocycles. The molecule has 4 nitrogen and oxygen atoms in total. The van der Waals surface area contributed by atoms with Gasteiger partial charge in [0.25, 0.3) is 0 Å². The minimum Gasteiger partial charge on any atom is -0.373 e. The van der Waals surface area contributed by atoms with E-state index in [1.165, 1.54) is 0 Å². The molecule has 1 aromatic heterocycles. The lowest BCUT2D eigenvalue weighted by Crippen LogP contribution is -2.38. The predicted molar refractivity (Wildman–Crippen MR) is 83.1 cm³/mol. The van der Waals surface area contributed by atoms with Crippen molar-refractivity contribution in [2.45, 2.75) is 19.9 Å². The highest BCUT2D eigenvalue weighted by molar-refractivity contribution is 6.31. The molecule has 106 valence electrons. The van der Waals surface area contributed by atoms with Crippen LogP contribution in [0.25, 0.3) is 10.9 Å². The van der Waals surface area contributed by atoms with Gasteiger partial charge < -0.3 is 10.2 Å². The number of carbonyl (C=O) groups is 1. The first-order chi connectivity index (χ1) is 9.52. The number of carbonyl (C=O) groups excluding carboxylic acids is 1. The Morgan fingerprint density at radius 3 is 2.90 bits per heavy atom. The molecule has 0 aliphatic carbocycles. The van der Waals surface area contributed by atoms with Gasteiger partial charge in [-0.3, -0.25) is 9.78 Å².